The molecule has 192 valence electrons. The van der Waals surface area contributed by atoms with Crippen molar-refractivity contribution in [1.82, 2.24) is 20.7 Å². The van der Waals surface area contributed by atoms with Crippen LogP contribution in [0.25, 0.3) is 0 Å². The minimum Gasteiger partial charge on any atom is -0.455 e. The van der Waals surface area contributed by atoms with Crippen molar-refractivity contribution in [2.45, 2.75) is 31.5 Å². The van der Waals surface area contributed by atoms with E-state index >= 15 is 0 Å². The summed E-state index contributed by atoms with van der Waals surface area (Å²) in [5.41, 5.74) is 5.14. The standard InChI is InChI=1S/C23H30F3N5O4/c24-23(25,26)17-3-1-2-4-19(17)28-20(32)13-30-7-9-31(10-8-30)21(33)14-35-22(34)15-5-6-18-16(11-15)12-27-29-18/h1-4,15-16,18,27,29H,5-14H2,(H,28,32). The molecule has 35 heavy (non-hydrogen) atoms. The number of nitrogens with zero attached hydrogens (tertiary/aromatic N) is 2. The topological polar surface area (TPSA) is 103 Å². The molecular formula is C23H30F3N5O4. The van der Waals surface area contributed by atoms with Gasteiger partial charge in [-0.25, -0.2) is 0 Å². The number of esters is 1. The molecule has 2 heterocycles. The molecule has 1 aromatic carbocycles. The quantitative estimate of drug-likeness (QED) is 0.508. The van der Waals surface area contributed by atoms with E-state index in [-0.39, 0.29) is 36.6 Å². The number of piperazine rings is 1. The lowest BCUT2D eigenvalue weighted by Crippen LogP contribution is -2.51. The fourth-order valence-electron chi connectivity index (χ4n) is 4.94. The average molecular weight is 498 g/mol. The lowest BCUT2D eigenvalue weighted by atomic mass is 9.79. The van der Waals surface area contributed by atoms with Crippen LogP contribution in [0, 0.1) is 11.8 Å². The van der Waals surface area contributed by atoms with E-state index in [0.29, 0.717) is 38.1 Å². The van der Waals surface area contributed by atoms with Crippen LogP contribution in [0.1, 0.15) is 24.8 Å². The largest absolute Gasteiger partial charge is 0.455 e. The first-order valence-electron chi connectivity index (χ1n) is 11.8. The lowest BCUT2D eigenvalue weighted by molar-refractivity contribution is -0.157. The summed E-state index contributed by atoms with van der Waals surface area (Å²) >= 11 is 0. The molecular weight excluding hydrogens is 467 g/mol. The minimum atomic E-state index is -4.57. The molecule has 0 spiro atoms. The molecule has 3 atom stereocenters. The van der Waals surface area contributed by atoms with Crippen molar-refractivity contribution in [2.24, 2.45) is 11.8 Å². The molecule has 1 aliphatic carbocycles. The highest BCUT2D eigenvalue weighted by atomic mass is 19.4. The minimum absolute atomic E-state index is 0.0865. The number of anilines is 1. The number of fused-ring (bicyclic) bond motifs is 1. The summed E-state index contributed by atoms with van der Waals surface area (Å²) in [7, 11) is 0. The molecule has 4 rings (SSSR count). The molecule has 0 bridgehead atoms. The maximum absolute atomic E-state index is 13.1. The Bertz CT molecular complexity index is 936. The molecule has 2 aliphatic heterocycles. The third-order valence-electron chi connectivity index (χ3n) is 6.90. The van der Waals surface area contributed by atoms with Gasteiger partial charge in [0, 0.05) is 38.8 Å². The number of nitrogens with one attached hydrogen (secondary N) is 3. The highest BCUT2D eigenvalue weighted by Crippen LogP contribution is 2.34. The van der Waals surface area contributed by atoms with Gasteiger partial charge >= 0.3 is 12.1 Å². The summed E-state index contributed by atoms with van der Waals surface area (Å²) in [6.07, 6.45) is -2.20. The van der Waals surface area contributed by atoms with Gasteiger partial charge in [-0.05, 0) is 37.3 Å². The van der Waals surface area contributed by atoms with Gasteiger partial charge in [-0.2, -0.15) is 13.2 Å². The van der Waals surface area contributed by atoms with Gasteiger partial charge in [-0.3, -0.25) is 30.1 Å². The first kappa shape index (κ1) is 25.4. The van der Waals surface area contributed by atoms with Gasteiger partial charge in [0.05, 0.1) is 23.7 Å². The second-order valence-electron chi connectivity index (χ2n) is 9.26. The van der Waals surface area contributed by atoms with Crippen LogP contribution >= 0.6 is 0 Å². The molecule has 0 radical (unpaired) electrons. The maximum Gasteiger partial charge on any atom is 0.418 e. The Hall–Kier alpha value is -2.70. The Labute approximate surface area is 201 Å². The molecule has 9 nitrogen and oxygen atoms in total. The van der Waals surface area contributed by atoms with Crippen molar-refractivity contribution in [2.75, 3.05) is 51.2 Å². The van der Waals surface area contributed by atoms with Crippen LogP contribution in [0.15, 0.2) is 24.3 Å². The third kappa shape index (κ3) is 6.50. The molecule has 3 aliphatic rings. The summed E-state index contributed by atoms with van der Waals surface area (Å²) in [5.74, 6) is -0.983. The van der Waals surface area contributed by atoms with Gasteiger partial charge < -0.3 is 15.0 Å². The Morgan fingerprint density at radius 3 is 2.57 bits per heavy atom. The van der Waals surface area contributed by atoms with Crippen LogP contribution in [0.3, 0.4) is 0 Å². The Balaban J connectivity index is 1.17. The molecule has 1 saturated carbocycles. The molecule has 2 amide bonds. The van der Waals surface area contributed by atoms with Crippen LogP contribution in [0.4, 0.5) is 18.9 Å². The van der Waals surface area contributed by atoms with Gasteiger partial charge in [0.25, 0.3) is 5.91 Å². The van der Waals surface area contributed by atoms with E-state index in [2.05, 4.69) is 16.2 Å². The number of alkyl halides is 3. The number of carbonyl (C=O) groups excluding carboxylic acids is 3. The predicted molar refractivity (Wildman–Crippen MR) is 120 cm³/mol. The number of rotatable bonds is 6. The molecule has 2 saturated heterocycles. The van der Waals surface area contributed by atoms with Crippen molar-refractivity contribution < 1.29 is 32.3 Å². The van der Waals surface area contributed by atoms with Crippen molar-refractivity contribution in [1.29, 1.82) is 0 Å². The first-order chi connectivity index (χ1) is 16.7. The summed E-state index contributed by atoms with van der Waals surface area (Å²) < 4.78 is 44.6. The smallest absolute Gasteiger partial charge is 0.418 e. The summed E-state index contributed by atoms with van der Waals surface area (Å²) in [6, 6.07) is 5.21. The van der Waals surface area contributed by atoms with Crippen molar-refractivity contribution in [3.8, 4) is 0 Å². The van der Waals surface area contributed by atoms with Gasteiger partial charge in [0.2, 0.25) is 5.91 Å². The van der Waals surface area contributed by atoms with Crippen LogP contribution < -0.4 is 16.2 Å². The number of para-hydroxylation sites is 1. The fraction of sp³-hybridized carbons (Fsp3) is 0.609. The van der Waals surface area contributed by atoms with E-state index in [0.717, 1.165) is 31.9 Å². The second kappa shape index (κ2) is 10.9. The van der Waals surface area contributed by atoms with E-state index in [1.807, 2.05) is 0 Å². The third-order valence-corrected chi connectivity index (χ3v) is 6.90. The van der Waals surface area contributed by atoms with Crippen LogP contribution in [0.2, 0.25) is 0 Å². The lowest BCUT2D eigenvalue weighted by Gasteiger charge is -2.34. The average Bonchev–Trinajstić information content (AvgIpc) is 3.30. The zero-order valence-corrected chi connectivity index (χ0v) is 19.3. The van der Waals surface area contributed by atoms with E-state index in [1.54, 1.807) is 9.80 Å². The van der Waals surface area contributed by atoms with E-state index in [4.69, 9.17) is 4.74 Å². The summed E-state index contributed by atoms with van der Waals surface area (Å²) in [5, 5.41) is 2.33. The summed E-state index contributed by atoms with van der Waals surface area (Å²) in [4.78, 5) is 40.6. The fourth-order valence-corrected chi connectivity index (χ4v) is 4.94. The molecule has 0 aromatic heterocycles. The SMILES string of the molecule is O=C(CN1CCN(C(=O)COC(=O)C2CCC3NNCC3C2)CC1)Nc1ccccc1C(F)(F)F. The molecule has 1 aromatic rings. The number of amides is 2. The highest BCUT2D eigenvalue weighted by Gasteiger charge is 2.37. The summed E-state index contributed by atoms with van der Waals surface area (Å²) in [6.45, 7) is 1.88. The number of carbonyl (C=O) groups is 3. The number of hydrogen-bond acceptors (Lipinski definition) is 7. The second-order valence-corrected chi connectivity index (χ2v) is 9.26. The van der Waals surface area contributed by atoms with Crippen LogP contribution in [-0.4, -0.2) is 79.5 Å². The van der Waals surface area contributed by atoms with E-state index < -0.39 is 17.6 Å². The van der Waals surface area contributed by atoms with E-state index in [9.17, 15) is 27.6 Å². The number of benzene rings is 1. The first-order valence-corrected chi connectivity index (χ1v) is 11.8. The van der Waals surface area contributed by atoms with Crippen LogP contribution in [-0.2, 0) is 25.3 Å². The maximum atomic E-state index is 13.1. The monoisotopic (exact) mass is 497 g/mol. The van der Waals surface area contributed by atoms with Crippen molar-refractivity contribution in [3.05, 3.63) is 29.8 Å². The number of ether oxygens (including phenoxy) is 1. The Kier molecular flexibility index (Phi) is 7.92. The number of hydrazine groups is 1. The van der Waals surface area contributed by atoms with E-state index in [1.165, 1.54) is 18.2 Å². The number of hydrogen-bond donors (Lipinski definition) is 3. The molecule has 12 heteroatoms. The Morgan fingerprint density at radius 2 is 1.83 bits per heavy atom. The van der Waals surface area contributed by atoms with Gasteiger partial charge in [-0.1, -0.05) is 12.1 Å². The molecule has 3 unspecified atom stereocenters. The van der Waals surface area contributed by atoms with Gasteiger partial charge in [0.15, 0.2) is 6.61 Å². The zero-order chi connectivity index (χ0) is 25.0. The van der Waals surface area contributed by atoms with Crippen molar-refractivity contribution in [3.63, 3.8) is 0 Å². The highest BCUT2D eigenvalue weighted by molar-refractivity contribution is 5.93. The molecule has 3 fully saturated rings. The van der Waals surface area contributed by atoms with Crippen molar-refractivity contribution >= 4 is 23.5 Å². The molecule has 3 N–H and O–H groups in total. The zero-order valence-electron chi connectivity index (χ0n) is 19.3. The predicted octanol–water partition coefficient (Wildman–Crippen LogP) is 1.22. The Morgan fingerprint density at radius 1 is 1.09 bits per heavy atom. The van der Waals surface area contributed by atoms with Crippen LogP contribution in [0.5, 0.6) is 0 Å². The van der Waals surface area contributed by atoms with Gasteiger partial charge in [0.1, 0.15) is 0 Å². The number of halogens is 3. The van der Waals surface area contributed by atoms with Gasteiger partial charge in [-0.15, -0.1) is 0 Å². The normalized spacial score (nSPS) is 25.1.